The summed E-state index contributed by atoms with van der Waals surface area (Å²) in [7, 11) is 0. The van der Waals surface area contributed by atoms with E-state index in [0.717, 1.165) is 13.1 Å². The topological polar surface area (TPSA) is 41.3 Å². The Morgan fingerprint density at radius 1 is 1.38 bits per heavy atom. The highest BCUT2D eigenvalue weighted by Crippen LogP contribution is 2.63. The lowest BCUT2D eigenvalue weighted by atomic mass is 9.66. The second-order valence-corrected chi connectivity index (χ2v) is 7.82. The van der Waals surface area contributed by atoms with E-state index in [-0.39, 0.29) is 0 Å². The van der Waals surface area contributed by atoms with Crippen LogP contribution in [0, 0.1) is 5.41 Å². The third-order valence-corrected chi connectivity index (χ3v) is 6.82. The molecule has 1 spiro atoms. The summed E-state index contributed by atoms with van der Waals surface area (Å²) >= 11 is 2.09. The Balaban J connectivity index is 1.72. The molecule has 0 aromatic carbocycles. The molecule has 0 aromatic rings. The molecule has 3 heterocycles. The summed E-state index contributed by atoms with van der Waals surface area (Å²) in [6.45, 7) is 1.66. The Kier molecular flexibility index (Phi) is 3.64. The lowest BCUT2D eigenvalue weighted by molar-refractivity contribution is 0.294. The van der Waals surface area contributed by atoms with E-state index in [2.05, 4.69) is 40.5 Å². The van der Waals surface area contributed by atoms with Crippen molar-refractivity contribution in [2.45, 2.75) is 50.3 Å². The summed E-state index contributed by atoms with van der Waals surface area (Å²) in [5.41, 5.74) is 9.30. The number of nitrogens with one attached hydrogen (secondary N) is 1. The molecule has 0 amide bonds. The molecular weight excluding hydrogens is 278 g/mol. The summed E-state index contributed by atoms with van der Waals surface area (Å²) in [5, 5.41) is 4.20. The number of nitrogens with two attached hydrogens (primary N) is 1. The minimum atomic E-state index is 0.367. The highest BCUT2D eigenvalue weighted by Gasteiger charge is 2.51. The van der Waals surface area contributed by atoms with Crippen molar-refractivity contribution in [2.24, 2.45) is 11.1 Å². The molecule has 3 nitrogen and oxygen atoms in total. The molecule has 4 heteroatoms. The molecule has 2 fully saturated rings. The normalized spacial score (nSPS) is 34.4. The van der Waals surface area contributed by atoms with Crippen molar-refractivity contribution in [1.82, 2.24) is 10.2 Å². The first-order valence-electron chi connectivity index (χ1n) is 8.33. The number of allylic oxidation sites excluding steroid dienone is 4. The molecule has 4 aliphatic rings. The lowest BCUT2D eigenvalue weighted by Crippen LogP contribution is -2.35. The van der Waals surface area contributed by atoms with E-state index in [1.54, 1.807) is 16.2 Å². The SMILES string of the molecule is NCCN[C@H]1CC23CCCCC2=CN2C=CCCC2=C3S1. The highest BCUT2D eigenvalue weighted by molar-refractivity contribution is 8.04. The van der Waals surface area contributed by atoms with Crippen molar-refractivity contribution in [3.63, 3.8) is 0 Å². The maximum atomic E-state index is 5.68. The molecule has 0 bridgehead atoms. The Morgan fingerprint density at radius 3 is 3.24 bits per heavy atom. The zero-order valence-electron chi connectivity index (χ0n) is 12.6. The first kappa shape index (κ1) is 13.9. The first-order valence-corrected chi connectivity index (χ1v) is 9.21. The summed E-state index contributed by atoms with van der Waals surface area (Å²) < 4.78 is 0. The third-order valence-electron chi connectivity index (χ3n) is 5.34. The zero-order chi connectivity index (χ0) is 14.3. The molecule has 21 heavy (non-hydrogen) atoms. The third kappa shape index (κ3) is 2.19. The summed E-state index contributed by atoms with van der Waals surface area (Å²) in [4.78, 5) is 4.09. The molecular formula is C17H25N3S. The van der Waals surface area contributed by atoms with Crippen LogP contribution in [-0.2, 0) is 0 Å². The van der Waals surface area contributed by atoms with Gasteiger partial charge in [0, 0.05) is 41.5 Å². The van der Waals surface area contributed by atoms with Gasteiger partial charge in [0.1, 0.15) is 0 Å². The fourth-order valence-electron chi connectivity index (χ4n) is 4.38. The quantitative estimate of drug-likeness (QED) is 0.839. The van der Waals surface area contributed by atoms with E-state index < -0.39 is 0 Å². The number of nitrogens with zero attached hydrogens (tertiary/aromatic N) is 1. The van der Waals surface area contributed by atoms with Gasteiger partial charge in [-0.1, -0.05) is 12.5 Å². The van der Waals surface area contributed by atoms with Crippen LogP contribution in [0.5, 0.6) is 0 Å². The van der Waals surface area contributed by atoms with Crippen LogP contribution in [0.4, 0.5) is 0 Å². The van der Waals surface area contributed by atoms with E-state index in [0.29, 0.717) is 10.8 Å². The van der Waals surface area contributed by atoms with E-state index >= 15 is 0 Å². The van der Waals surface area contributed by atoms with Gasteiger partial charge in [-0.25, -0.2) is 0 Å². The van der Waals surface area contributed by atoms with E-state index in [1.807, 2.05) is 0 Å². The summed E-state index contributed by atoms with van der Waals surface area (Å²) in [6, 6.07) is 0. The molecule has 1 saturated carbocycles. The monoisotopic (exact) mass is 303 g/mol. The van der Waals surface area contributed by atoms with Crippen LogP contribution in [0.3, 0.4) is 0 Å². The number of rotatable bonds is 3. The Labute approximate surface area is 131 Å². The smallest absolute Gasteiger partial charge is 0.0589 e. The van der Waals surface area contributed by atoms with Gasteiger partial charge in [0.2, 0.25) is 0 Å². The predicted octanol–water partition coefficient (Wildman–Crippen LogP) is 3.28. The number of fused-ring (bicyclic) bond motifs is 1. The van der Waals surface area contributed by atoms with Gasteiger partial charge in [0.15, 0.2) is 0 Å². The molecule has 0 aromatic heterocycles. The lowest BCUT2D eigenvalue weighted by Gasteiger charge is -2.44. The van der Waals surface area contributed by atoms with Gasteiger partial charge in [-0.2, -0.15) is 0 Å². The van der Waals surface area contributed by atoms with Gasteiger partial charge in [0.25, 0.3) is 0 Å². The predicted molar refractivity (Wildman–Crippen MR) is 89.3 cm³/mol. The van der Waals surface area contributed by atoms with Gasteiger partial charge in [-0.3, -0.25) is 0 Å². The van der Waals surface area contributed by atoms with Crippen molar-refractivity contribution in [3.8, 4) is 0 Å². The number of thioether (sulfide) groups is 1. The van der Waals surface area contributed by atoms with Crippen molar-refractivity contribution in [3.05, 3.63) is 34.7 Å². The van der Waals surface area contributed by atoms with E-state index in [9.17, 15) is 0 Å². The van der Waals surface area contributed by atoms with Crippen molar-refractivity contribution >= 4 is 11.8 Å². The average molecular weight is 303 g/mol. The van der Waals surface area contributed by atoms with Crippen molar-refractivity contribution < 1.29 is 0 Å². The summed E-state index contributed by atoms with van der Waals surface area (Å²) in [6.07, 6.45) is 16.1. The Morgan fingerprint density at radius 2 is 2.33 bits per heavy atom. The van der Waals surface area contributed by atoms with Gasteiger partial charge in [-0.15, -0.1) is 11.8 Å². The van der Waals surface area contributed by atoms with Crippen LogP contribution < -0.4 is 11.1 Å². The van der Waals surface area contributed by atoms with Crippen molar-refractivity contribution in [2.75, 3.05) is 13.1 Å². The second-order valence-electron chi connectivity index (χ2n) is 6.60. The minimum absolute atomic E-state index is 0.367. The maximum Gasteiger partial charge on any atom is 0.0589 e. The van der Waals surface area contributed by atoms with Crippen molar-refractivity contribution in [1.29, 1.82) is 0 Å². The van der Waals surface area contributed by atoms with Crippen LogP contribution in [0.2, 0.25) is 0 Å². The van der Waals surface area contributed by atoms with Crippen LogP contribution in [0.15, 0.2) is 34.7 Å². The van der Waals surface area contributed by atoms with Gasteiger partial charge >= 0.3 is 0 Å². The van der Waals surface area contributed by atoms with Crippen LogP contribution >= 0.6 is 11.8 Å². The zero-order valence-corrected chi connectivity index (χ0v) is 13.4. The highest BCUT2D eigenvalue weighted by atomic mass is 32.2. The standard InChI is InChI=1S/C17H25N3S/c18-8-9-19-15-11-17-7-3-1-5-13(17)12-20-10-4-2-6-14(20)16(17)21-15/h4,10,12,15,19H,1-3,5-9,11,18H2/t15-,17?/m1/s1. The fraction of sp³-hybridized carbons (Fsp3) is 0.647. The molecule has 2 atom stereocenters. The second kappa shape index (κ2) is 5.49. The molecule has 1 saturated heterocycles. The molecule has 1 aliphatic carbocycles. The fourth-order valence-corrected chi connectivity index (χ4v) is 6.12. The van der Waals surface area contributed by atoms with Gasteiger partial charge in [-0.05, 0) is 44.1 Å². The van der Waals surface area contributed by atoms with Crippen LogP contribution in [-0.4, -0.2) is 23.4 Å². The number of hydrogen-bond donors (Lipinski definition) is 2. The minimum Gasteiger partial charge on any atom is -0.329 e. The molecule has 0 radical (unpaired) electrons. The van der Waals surface area contributed by atoms with Gasteiger partial charge < -0.3 is 16.0 Å². The van der Waals surface area contributed by atoms with E-state index in [4.69, 9.17) is 5.73 Å². The molecule has 1 unspecified atom stereocenters. The van der Waals surface area contributed by atoms with Crippen LogP contribution in [0.25, 0.3) is 0 Å². The van der Waals surface area contributed by atoms with Crippen LogP contribution in [0.1, 0.15) is 44.9 Å². The first-order chi connectivity index (χ1) is 10.3. The Bertz CT molecular complexity index is 522. The Hall–Kier alpha value is -0.710. The maximum absolute atomic E-state index is 5.68. The van der Waals surface area contributed by atoms with E-state index in [1.165, 1.54) is 44.9 Å². The summed E-state index contributed by atoms with van der Waals surface area (Å²) in [5.74, 6) is 0. The molecule has 3 N–H and O–H groups in total. The average Bonchev–Trinajstić information content (AvgIpc) is 2.89. The van der Waals surface area contributed by atoms with Gasteiger partial charge in [0.05, 0.1) is 5.37 Å². The molecule has 3 aliphatic heterocycles. The number of hydrogen-bond acceptors (Lipinski definition) is 4. The largest absolute Gasteiger partial charge is 0.329 e. The molecule has 114 valence electrons. The molecule has 4 rings (SSSR count).